The first-order valence-corrected chi connectivity index (χ1v) is 12.3. The number of hydrogen-bond donors (Lipinski definition) is 0. The van der Waals surface area contributed by atoms with Crippen LogP contribution in [0.3, 0.4) is 0 Å². The van der Waals surface area contributed by atoms with E-state index in [-0.39, 0.29) is 5.41 Å². The summed E-state index contributed by atoms with van der Waals surface area (Å²) in [6, 6.07) is 22.6. The van der Waals surface area contributed by atoms with Gasteiger partial charge in [-0.2, -0.15) is 0 Å². The molecule has 3 aromatic carbocycles. The maximum absolute atomic E-state index is 6.63. The molecule has 1 aromatic heterocycles. The fourth-order valence-electron chi connectivity index (χ4n) is 4.36. The molecular weight excluding hydrogens is 450 g/mol. The highest BCUT2D eigenvalue weighted by molar-refractivity contribution is 7.12. The van der Waals surface area contributed by atoms with Crippen LogP contribution >= 0.6 is 22.9 Å². The topological polar surface area (TPSA) is 31.4 Å². The van der Waals surface area contributed by atoms with Crippen LogP contribution in [0, 0.1) is 13.8 Å². The van der Waals surface area contributed by atoms with Gasteiger partial charge in [0.2, 0.25) is 0 Å². The van der Waals surface area contributed by atoms with Crippen LogP contribution in [0.4, 0.5) is 0 Å². The van der Waals surface area contributed by atoms with E-state index in [2.05, 4.69) is 43.3 Å². The summed E-state index contributed by atoms with van der Waals surface area (Å²) in [6.45, 7) is 4.71. The molecule has 0 bridgehead atoms. The van der Waals surface area contributed by atoms with Gasteiger partial charge in [0, 0.05) is 16.0 Å². The third kappa shape index (κ3) is 4.14. The number of rotatable bonds is 7. The Morgan fingerprint density at radius 1 is 0.970 bits per heavy atom. The fraction of sp³-hybridized carbons (Fsp3) is 0.250. The van der Waals surface area contributed by atoms with Crippen molar-refractivity contribution in [1.29, 1.82) is 0 Å². The Bertz CT molecular complexity index is 1290. The molecule has 0 spiro atoms. The van der Waals surface area contributed by atoms with Gasteiger partial charge in [0.15, 0.2) is 0 Å². The van der Waals surface area contributed by atoms with E-state index < -0.39 is 0 Å². The molecule has 0 N–H and O–H groups in total. The minimum absolute atomic E-state index is 0.0883. The van der Waals surface area contributed by atoms with Crippen LogP contribution in [0.5, 0.6) is 11.5 Å². The number of ether oxygens (including phenoxy) is 2. The second kappa shape index (κ2) is 8.85. The van der Waals surface area contributed by atoms with Gasteiger partial charge in [-0.3, -0.25) is 0 Å². The summed E-state index contributed by atoms with van der Waals surface area (Å²) in [5.74, 6) is 1.73. The standard InChI is InChI=1S/C28H26ClNO2S/c1-18-15-21(23(29)16-25(18)31-3)26-19(2)33-27(30-26)28(13-14-28)22-11-7-8-12-24(22)32-17-20-9-5-4-6-10-20/h4-12,15-16H,13-14,17H2,1-3H3. The van der Waals surface area contributed by atoms with Crippen LogP contribution in [0.25, 0.3) is 11.3 Å². The van der Waals surface area contributed by atoms with Gasteiger partial charge in [-0.15, -0.1) is 11.3 Å². The summed E-state index contributed by atoms with van der Waals surface area (Å²) in [4.78, 5) is 6.32. The molecule has 1 aliphatic carbocycles. The minimum atomic E-state index is -0.0883. The number of hydrogen-bond acceptors (Lipinski definition) is 4. The fourth-order valence-corrected chi connectivity index (χ4v) is 5.79. The summed E-state index contributed by atoms with van der Waals surface area (Å²) in [5.41, 5.74) is 5.26. The molecule has 0 unspecified atom stereocenters. The summed E-state index contributed by atoms with van der Waals surface area (Å²) in [5, 5.41) is 1.80. The van der Waals surface area contributed by atoms with Gasteiger partial charge in [0.05, 0.1) is 23.2 Å². The normalized spacial score (nSPS) is 14.2. The SMILES string of the molecule is COc1cc(Cl)c(-c2nc(C3(c4ccccc4OCc4ccccc4)CC3)sc2C)cc1C. The summed E-state index contributed by atoms with van der Waals surface area (Å²) < 4.78 is 11.7. The van der Waals surface area contributed by atoms with E-state index in [1.807, 2.05) is 37.3 Å². The first kappa shape index (κ1) is 22.0. The maximum atomic E-state index is 6.63. The molecule has 0 atom stereocenters. The first-order valence-electron chi connectivity index (χ1n) is 11.1. The number of para-hydroxylation sites is 1. The molecule has 1 saturated carbocycles. The largest absolute Gasteiger partial charge is 0.496 e. The summed E-state index contributed by atoms with van der Waals surface area (Å²) in [6.07, 6.45) is 2.14. The molecular formula is C28H26ClNO2S. The lowest BCUT2D eigenvalue weighted by Crippen LogP contribution is -2.11. The number of nitrogens with zero attached hydrogens (tertiary/aromatic N) is 1. The van der Waals surface area contributed by atoms with E-state index in [4.69, 9.17) is 26.1 Å². The molecule has 0 aliphatic heterocycles. The minimum Gasteiger partial charge on any atom is -0.496 e. The summed E-state index contributed by atoms with van der Waals surface area (Å²) in [7, 11) is 1.67. The highest BCUT2D eigenvalue weighted by Gasteiger charge is 2.50. The van der Waals surface area contributed by atoms with Gasteiger partial charge < -0.3 is 9.47 Å². The van der Waals surface area contributed by atoms with Crippen LogP contribution in [-0.2, 0) is 12.0 Å². The van der Waals surface area contributed by atoms with Gasteiger partial charge in [0.25, 0.3) is 0 Å². The third-order valence-corrected chi connectivity index (χ3v) is 7.82. The number of aryl methyl sites for hydroxylation is 2. The Balaban J connectivity index is 1.49. The lowest BCUT2D eigenvalue weighted by atomic mass is 9.95. The van der Waals surface area contributed by atoms with E-state index in [0.29, 0.717) is 11.6 Å². The van der Waals surface area contributed by atoms with Gasteiger partial charge in [-0.1, -0.05) is 60.1 Å². The molecule has 3 nitrogen and oxygen atoms in total. The molecule has 33 heavy (non-hydrogen) atoms. The zero-order valence-electron chi connectivity index (χ0n) is 19.0. The monoisotopic (exact) mass is 475 g/mol. The van der Waals surface area contributed by atoms with E-state index in [1.54, 1.807) is 18.4 Å². The molecule has 4 aromatic rings. The third-order valence-electron chi connectivity index (χ3n) is 6.34. The van der Waals surface area contributed by atoms with Crippen molar-refractivity contribution in [2.24, 2.45) is 0 Å². The van der Waals surface area contributed by atoms with E-state index in [9.17, 15) is 0 Å². The highest BCUT2D eigenvalue weighted by atomic mass is 35.5. The second-order valence-electron chi connectivity index (χ2n) is 8.58. The van der Waals surface area contributed by atoms with Crippen molar-refractivity contribution in [1.82, 2.24) is 4.98 Å². The zero-order valence-corrected chi connectivity index (χ0v) is 20.6. The number of methoxy groups -OCH3 is 1. The molecule has 0 radical (unpaired) electrons. The predicted molar refractivity (Wildman–Crippen MR) is 136 cm³/mol. The molecule has 168 valence electrons. The van der Waals surface area contributed by atoms with Crippen LogP contribution in [-0.4, -0.2) is 12.1 Å². The maximum Gasteiger partial charge on any atom is 0.123 e. The molecule has 5 rings (SSSR count). The summed E-state index contributed by atoms with van der Waals surface area (Å²) >= 11 is 8.40. The van der Waals surface area contributed by atoms with Gasteiger partial charge in [-0.05, 0) is 56.0 Å². The van der Waals surface area contributed by atoms with E-state index in [1.165, 1.54) is 10.4 Å². The van der Waals surface area contributed by atoms with Crippen LogP contribution < -0.4 is 9.47 Å². The Kier molecular flexibility index (Phi) is 5.90. The zero-order chi connectivity index (χ0) is 23.0. The Morgan fingerprint density at radius 3 is 2.42 bits per heavy atom. The lowest BCUT2D eigenvalue weighted by Gasteiger charge is -2.18. The highest BCUT2D eigenvalue weighted by Crippen LogP contribution is 2.57. The van der Waals surface area contributed by atoms with Crippen molar-refractivity contribution in [3.05, 3.63) is 98.3 Å². The van der Waals surface area contributed by atoms with Crippen molar-refractivity contribution >= 4 is 22.9 Å². The first-order chi connectivity index (χ1) is 16.0. The molecule has 0 saturated heterocycles. The second-order valence-corrected chi connectivity index (χ2v) is 10.2. The van der Waals surface area contributed by atoms with Crippen molar-refractivity contribution in [3.8, 4) is 22.8 Å². The Labute approximate surface area is 204 Å². The van der Waals surface area contributed by atoms with Crippen LogP contribution in [0.1, 0.15) is 39.4 Å². The number of benzene rings is 3. The smallest absolute Gasteiger partial charge is 0.123 e. The molecule has 5 heteroatoms. The van der Waals surface area contributed by atoms with Crippen molar-refractivity contribution in [2.45, 2.75) is 38.7 Å². The molecule has 1 heterocycles. The Hall–Kier alpha value is -2.82. The molecule has 1 fully saturated rings. The van der Waals surface area contributed by atoms with E-state index >= 15 is 0 Å². The predicted octanol–water partition coefficient (Wildman–Crippen LogP) is 7.75. The quantitative estimate of drug-likeness (QED) is 0.274. The number of aromatic nitrogens is 1. The Morgan fingerprint density at radius 2 is 1.70 bits per heavy atom. The van der Waals surface area contributed by atoms with Crippen molar-refractivity contribution in [2.75, 3.05) is 7.11 Å². The van der Waals surface area contributed by atoms with Crippen molar-refractivity contribution in [3.63, 3.8) is 0 Å². The lowest BCUT2D eigenvalue weighted by molar-refractivity contribution is 0.301. The van der Waals surface area contributed by atoms with Crippen LogP contribution in [0.15, 0.2) is 66.7 Å². The van der Waals surface area contributed by atoms with E-state index in [0.717, 1.165) is 51.7 Å². The van der Waals surface area contributed by atoms with Crippen molar-refractivity contribution < 1.29 is 9.47 Å². The van der Waals surface area contributed by atoms with Gasteiger partial charge >= 0.3 is 0 Å². The molecule has 0 amide bonds. The number of thiazole rings is 1. The van der Waals surface area contributed by atoms with Gasteiger partial charge in [0.1, 0.15) is 23.1 Å². The van der Waals surface area contributed by atoms with Crippen LogP contribution in [0.2, 0.25) is 5.02 Å². The number of halogens is 1. The molecule has 1 aliphatic rings. The average molecular weight is 476 g/mol. The van der Waals surface area contributed by atoms with Gasteiger partial charge in [-0.25, -0.2) is 4.98 Å². The average Bonchev–Trinajstić information content (AvgIpc) is 3.55.